The van der Waals surface area contributed by atoms with Gasteiger partial charge in [-0.3, -0.25) is 9.58 Å². The highest BCUT2D eigenvalue weighted by molar-refractivity contribution is 8.01. The maximum Gasteiger partial charge on any atom is 0.0667 e. The fourth-order valence-electron chi connectivity index (χ4n) is 2.48. The molecule has 0 saturated carbocycles. The number of hydrogen-bond acceptors (Lipinski definition) is 3. The van der Waals surface area contributed by atoms with Crippen LogP contribution in [-0.2, 0) is 13.1 Å². The van der Waals surface area contributed by atoms with Gasteiger partial charge in [0.1, 0.15) is 0 Å². The Labute approximate surface area is 101 Å². The minimum atomic E-state index is 0.627. The Balaban J connectivity index is 1.80. The average molecular weight is 237 g/mol. The van der Waals surface area contributed by atoms with Crippen LogP contribution in [0.5, 0.6) is 0 Å². The minimum Gasteiger partial charge on any atom is -0.299 e. The third kappa shape index (κ3) is 1.78. The first-order valence-electron chi connectivity index (χ1n) is 6.11. The van der Waals surface area contributed by atoms with Crippen molar-refractivity contribution >= 4 is 11.8 Å². The van der Waals surface area contributed by atoms with E-state index in [0.717, 1.165) is 24.9 Å². The van der Waals surface area contributed by atoms with Crippen LogP contribution in [0.25, 0.3) is 0 Å². The summed E-state index contributed by atoms with van der Waals surface area (Å²) in [6, 6.07) is 2.32. The van der Waals surface area contributed by atoms with Gasteiger partial charge < -0.3 is 0 Å². The largest absolute Gasteiger partial charge is 0.299 e. The van der Waals surface area contributed by atoms with E-state index in [9.17, 15) is 0 Å². The van der Waals surface area contributed by atoms with Gasteiger partial charge in [-0.1, -0.05) is 6.92 Å². The summed E-state index contributed by atoms with van der Waals surface area (Å²) in [6.07, 6.45) is 1.37. The normalized spacial score (nSPS) is 27.2. The van der Waals surface area contributed by atoms with Gasteiger partial charge >= 0.3 is 0 Å². The predicted octanol–water partition coefficient (Wildman–Crippen LogP) is 1.94. The molecule has 0 aliphatic carbocycles. The monoisotopic (exact) mass is 237 g/mol. The number of likely N-dealkylation sites (N-methyl/N-ethyl adjacent to an activating group) is 1. The summed E-state index contributed by atoms with van der Waals surface area (Å²) < 4.78 is 2.20. The molecule has 88 valence electrons. The Hall–Kier alpha value is -0.480. The second-order valence-electron chi connectivity index (χ2n) is 5.01. The molecular weight excluding hydrogens is 218 g/mol. The van der Waals surface area contributed by atoms with Gasteiger partial charge in [-0.2, -0.15) is 16.9 Å². The molecular formula is C12H19N3S. The molecule has 16 heavy (non-hydrogen) atoms. The van der Waals surface area contributed by atoms with Crippen LogP contribution in [0.1, 0.15) is 30.7 Å². The van der Waals surface area contributed by atoms with Crippen LogP contribution in [0, 0.1) is 0 Å². The molecule has 1 saturated heterocycles. The second kappa shape index (κ2) is 4.08. The molecule has 2 atom stereocenters. The number of hydrogen-bond donors (Lipinski definition) is 0. The number of thioether (sulfide) groups is 1. The summed E-state index contributed by atoms with van der Waals surface area (Å²) in [7, 11) is 2.18. The Morgan fingerprint density at radius 3 is 3.00 bits per heavy atom. The van der Waals surface area contributed by atoms with Crippen LogP contribution >= 0.6 is 11.8 Å². The van der Waals surface area contributed by atoms with E-state index < -0.39 is 0 Å². The lowest BCUT2D eigenvalue weighted by atomic mass is 10.0. The minimum absolute atomic E-state index is 0.627. The highest BCUT2D eigenvalue weighted by atomic mass is 32.2. The van der Waals surface area contributed by atoms with Crippen LogP contribution < -0.4 is 0 Å². The van der Waals surface area contributed by atoms with Gasteiger partial charge in [-0.25, -0.2) is 0 Å². The molecule has 0 aromatic carbocycles. The molecule has 1 aromatic rings. The van der Waals surface area contributed by atoms with Gasteiger partial charge in [0.05, 0.1) is 17.9 Å². The van der Waals surface area contributed by atoms with Crippen molar-refractivity contribution in [2.75, 3.05) is 19.3 Å². The van der Waals surface area contributed by atoms with Crippen molar-refractivity contribution in [3.63, 3.8) is 0 Å². The van der Waals surface area contributed by atoms with E-state index in [4.69, 9.17) is 5.10 Å². The number of nitrogens with zero attached hydrogens (tertiary/aromatic N) is 3. The van der Waals surface area contributed by atoms with Gasteiger partial charge in [-0.15, -0.1) is 0 Å². The number of rotatable bonds is 2. The summed E-state index contributed by atoms with van der Waals surface area (Å²) >= 11 is 2.10. The second-order valence-corrected chi connectivity index (χ2v) is 6.36. The molecule has 0 N–H and O–H groups in total. The van der Waals surface area contributed by atoms with E-state index in [2.05, 4.69) is 41.4 Å². The summed E-state index contributed by atoms with van der Waals surface area (Å²) in [6.45, 7) is 5.56. The van der Waals surface area contributed by atoms with E-state index in [1.54, 1.807) is 0 Å². The van der Waals surface area contributed by atoms with Crippen molar-refractivity contribution in [2.45, 2.75) is 37.6 Å². The van der Waals surface area contributed by atoms with Gasteiger partial charge in [-0.05, 0) is 25.3 Å². The molecule has 3 heterocycles. The third-order valence-corrected chi connectivity index (χ3v) is 5.31. The quantitative estimate of drug-likeness (QED) is 0.784. The lowest BCUT2D eigenvalue weighted by Crippen LogP contribution is -2.30. The molecule has 1 aromatic heterocycles. The van der Waals surface area contributed by atoms with Gasteiger partial charge in [0.25, 0.3) is 0 Å². The van der Waals surface area contributed by atoms with Crippen LogP contribution in [0.15, 0.2) is 6.07 Å². The van der Waals surface area contributed by atoms with Crippen molar-refractivity contribution in [2.24, 2.45) is 0 Å². The molecule has 3 rings (SSSR count). The standard InChI is InChI=1S/C12H19N3S/c1-9(12-3-6-16-12)11-7-10-8-14(2)4-5-15(10)13-11/h7,9,12H,3-6,8H2,1-2H3. The topological polar surface area (TPSA) is 21.1 Å². The van der Waals surface area contributed by atoms with Crippen molar-refractivity contribution in [1.29, 1.82) is 0 Å². The fraction of sp³-hybridized carbons (Fsp3) is 0.750. The lowest BCUT2D eigenvalue weighted by Gasteiger charge is -2.29. The predicted molar refractivity (Wildman–Crippen MR) is 67.8 cm³/mol. The Morgan fingerprint density at radius 2 is 2.31 bits per heavy atom. The van der Waals surface area contributed by atoms with Crippen molar-refractivity contribution in [3.05, 3.63) is 17.5 Å². The third-order valence-electron chi connectivity index (χ3n) is 3.77. The molecule has 0 radical (unpaired) electrons. The van der Waals surface area contributed by atoms with Crippen molar-refractivity contribution in [1.82, 2.24) is 14.7 Å². The zero-order valence-electron chi connectivity index (χ0n) is 10.0. The molecule has 2 unspecified atom stereocenters. The van der Waals surface area contributed by atoms with Crippen LogP contribution in [0.3, 0.4) is 0 Å². The fourth-order valence-corrected chi connectivity index (χ4v) is 3.42. The number of fused-ring (bicyclic) bond motifs is 1. The molecule has 2 aliphatic rings. The first-order valence-corrected chi connectivity index (χ1v) is 7.15. The Bertz CT molecular complexity index is 384. The molecule has 4 heteroatoms. The van der Waals surface area contributed by atoms with Crippen molar-refractivity contribution in [3.8, 4) is 0 Å². The van der Waals surface area contributed by atoms with E-state index in [1.165, 1.54) is 23.6 Å². The van der Waals surface area contributed by atoms with E-state index >= 15 is 0 Å². The molecule has 0 bridgehead atoms. The lowest BCUT2D eigenvalue weighted by molar-refractivity contribution is 0.258. The Kier molecular flexibility index (Phi) is 2.72. The summed E-state index contributed by atoms with van der Waals surface area (Å²) in [5, 5.41) is 5.58. The van der Waals surface area contributed by atoms with E-state index in [-0.39, 0.29) is 0 Å². The highest BCUT2D eigenvalue weighted by Crippen LogP contribution is 2.38. The van der Waals surface area contributed by atoms with Crippen LogP contribution in [0.2, 0.25) is 0 Å². The van der Waals surface area contributed by atoms with Gasteiger partial charge in [0.2, 0.25) is 0 Å². The zero-order valence-corrected chi connectivity index (χ0v) is 10.8. The van der Waals surface area contributed by atoms with Gasteiger partial charge in [0, 0.05) is 24.3 Å². The number of aromatic nitrogens is 2. The first kappa shape index (κ1) is 10.7. The highest BCUT2D eigenvalue weighted by Gasteiger charge is 2.28. The maximum absolute atomic E-state index is 4.76. The first-order chi connectivity index (χ1) is 7.74. The molecule has 0 amide bonds. The Morgan fingerprint density at radius 1 is 1.50 bits per heavy atom. The van der Waals surface area contributed by atoms with E-state index in [0.29, 0.717) is 5.92 Å². The van der Waals surface area contributed by atoms with Crippen LogP contribution in [0.4, 0.5) is 0 Å². The summed E-state index contributed by atoms with van der Waals surface area (Å²) in [5.41, 5.74) is 2.70. The van der Waals surface area contributed by atoms with E-state index in [1.807, 2.05) is 0 Å². The maximum atomic E-state index is 4.76. The summed E-state index contributed by atoms with van der Waals surface area (Å²) in [4.78, 5) is 2.36. The van der Waals surface area contributed by atoms with Crippen LogP contribution in [-0.4, -0.2) is 39.3 Å². The molecule has 1 fully saturated rings. The van der Waals surface area contributed by atoms with Crippen molar-refractivity contribution < 1.29 is 0 Å². The average Bonchev–Trinajstić information content (AvgIpc) is 2.57. The smallest absolute Gasteiger partial charge is 0.0667 e. The zero-order chi connectivity index (χ0) is 11.1. The summed E-state index contributed by atoms with van der Waals surface area (Å²) in [5.74, 6) is 1.97. The SMILES string of the molecule is CC(c1cc2n(n1)CCN(C)C2)C1CCS1. The molecule has 0 spiro atoms. The van der Waals surface area contributed by atoms with Gasteiger partial charge in [0.15, 0.2) is 0 Å². The molecule has 3 nitrogen and oxygen atoms in total. The molecule has 2 aliphatic heterocycles.